The third kappa shape index (κ3) is 4.07. The van der Waals surface area contributed by atoms with E-state index in [2.05, 4.69) is 5.32 Å². The first kappa shape index (κ1) is 11.5. The average molecular weight is 200 g/mol. The number of ether oxygens (including phenoxy) is 1. The number of hydrogen-bond donors (Lipinski definition) is 2. The van der Waals surface area contributed by atoms with E-state index in [1.54, 1.807) is 0 Å². The van der Waals surface area contributed by atoms with E-state index >= 15 is 0 Å². The summed E-state index contributed by atoms with van der Waals surface area (Å²) in [5, 5.41) is 2.91. The van der Waals surface area contributed by atoms with Crippen LogP contribution in [0.3, 0.4) is 0 Å². The molecule has 0 spiro atoms. The summed E-state index contributed by atoms with van der Waals surface area (Å²) in [5.41, 5.74) is 5.36. The predicted octanol–water partition coefficient (Wildman–Crippen LogP) is 0.268. The van der Waals surface area contributed by atoms with Crippen LogP contribution < -0.4 is 11.1 Å². The van der Waals surface area contributed by atoms with E-state index in [4.69, 9.17) is 10.5 Å². The van der Waals surface area contributed by atoms with Gasteiger partial charge in [-0.1, -0.05) is 0 Å². The maximum atomic E-state index is 11.5. The minimum absolute atomic E-state index is 0.0710. The Labute approximate surface area is 85.2 Å². The van der Waals surface area contributed by atoms with E-state index in [9.17, 15) is 4.79 Å². The summed E-state index contributed by atoms with van der Waals surface area (Å²) in [6.45, 7) is 2.83. The Balaban J connectivity index is 2.07. The molecule has 1 aliphatic rings. The van der Waals surface area contributed by atoms with Crippen molar-refractivity contribution in [3.63, 3.8) is 0 Å². The lowest BCUT2D eigenvalue weighted by molar-refractivity contribution is -0.128. The molecule has 1 fully saturated rings. The molecule has 0 aliphatic carbocycles. The maximum Gasteiger partial charge on any atom is 0.225 e. The largest absolute Gasteiger partial charge is 0.381 e. The van der Waals surface area contributed by atoms with Gasteiger partial charge in [0.1, 0.15) is 0 Å². The molecule has 1 aliphatic heterocycles. The topological polar surface area (TPSA) is 64.3 Å². The van der Waals surface area contributed by atoms with Crippen LogP contribution in [0, 0.1) is 5.92 Å². The van der Waals surface area contributed by atoms with E-state index in [-0.39, 0.29) is 11.8 Å². The Morgan fingerprint density at radius 2 is 2.36 bits per heavy atom. The number of hydrogen-bond acceptors (Lipinski definition) is 3. The summed E-state index contributed by atoms with van der Waals surface area (Å²) in [4.78, 5) is 11.5. The lowest BCUT2D eigenvalue weighted by Gasteiger charge is -2.21. The summed E-state index contributed by atoms with van der Waals surface area (Å²) < 4.78 is 5.25. The second-order valence-electron chi connectivity index (χ2n) is 3.70. The van der Waals surface area contributed by atoms with Crippen LogP contribution in [-0.2, 0) is 9.53 Å². The van der Waals surface area contributed by atoms with Crippen molar-refractivity contribution in [1.29, 1.82) is 0 Å². The van der Waals surface area contributed by atoms with Gasteiger partial charge in [0.2, 0.25) is 5.91 Å². The van der Waals surface area contributed by atoms with Crippen molar-refractivity contribution in [3.8, 4) is 0 Å². The molecule has 0 radical (unpaired) electrons. The number of carbonyl (C=O) groups excluding carboxylic acids is 1. The fourth-order valence-electron chi connectivity index (χ4n) is 1.57. The van der Waals surface area contributed by atoms with Crippen molar-refractivity contribution in [3.05, 3.63) is 0 Å². The number of nitrogens with one attached hydrogen (secondary N) is 1. The van der Waals surface area contributed by atoms with Crippen LogP contribution in [0.5, 0.6) is 0 Å². The molecule has 4 heteroatoms. The molecule has 0 aromatic heterocycles. The standard InChI is InChI=1S/C10H20N2O2/c11-5-1-2-6-12-10(13)9-4-3-7-14-8-9/h9H,1-8,11H2,(H,12,13). The average Bonchev–Trinajstić information content (AvgIpc) is 2.25. The van der Waals surface area contributed by atoms with Crippen LogP contribution in [0.1, 0.15) is 25.7 Å². The third-order valence-corrected chi connectivity index (χ3v) is 2.46. The van der Waals surface area contributed by atoms with Gasteiger partial charge in [-0.05, 0) is 32.2 Å². The molecule has 1 amide bonds. The lowest BCUT2D eigenvalue weighted by atomic mass is 10.0. The van der Waals surface area contributed by atoms with Gasteiger partial charge in [0.05, 0.1) is 12.5 Å². The number of amides is 1. The Morgan fingerprint density at radius 3 is 3.00 bits per heavy atom. The summed E-state index contributed by atoms with van der Waals surface area (Å²) in [5.74, 6) is 0.211. The zero-order chi connectivity index (χ0) is 10.2. The highest BCUT2D eigenvalue weighted by Gasteiger charge is 2.20. The second kappa shape index (κ2) is 6.79. The number of rotatable bonds is 5. The normalized spacial score (nSPS) is 21.9. The zero-order valence-corrected chi connectivity index (χ0v) is 8.63. The molecule has 82 valence electrons. The highest BCUT2D eigenvalue weighted by Crippen LogP contribution is 2.13. The Bertz CT molecular complexity index is 168. The van der Waals surface area contributed by atoms with Crippen molar-refractivity contribution in [1.82, 2.24) is 5.32 Å². The SMILES string of the molecule is NCCCCNC(=O)C1CCCOC1. The molecular weight excluding hydrogens is 180 g/mol. The first-order chi connectivity index (χ1) is 6.84. The van der Waals surface area contributed by atoms with Crippen molar-refractivity contribution >= 4 is 5.91 Å². The van der Waals surface area contributed by atoms with Crippen molar-refractivity contribution in [2.24, 2.45) is 11.7 Å². The first-order valence-corrected chi connectivity index (χ1v) is 5.40. The van der Waals surface area contributed by atoms with Crippen molar-refractivity contribution in [2.45, 2.75) is 25.7 Å². The molecule has 1 heterocycles. The van der Waals surface area contributed by atoms with Gasteiger partial charge in [0.25, 0.3) is 0 Å². The van der Waals surface area contributed by atoms with Crippen LogP contribution in [0.15, 0.2) is 0 Å². The summed E-state index contributed by atoms with van der Waals surface area (Å²) in [6, 6.07) is 0. The second-order valence-corrected chi connectivity index (χ2v) is 3.70. The third-order valence-electron chi connectivity index (χ3n) is 2.46. The van der Waals surface area contributed by atoms with Gasteiger partial charge in [-0.25, -0.2) is 0 Å². The monoisotopic (exact) mass is 200 g/mol. The Kier molecular flexibility index (Phi) is 5.56. The molecule has 3 N–H and O–H groups in total. The minimum atomic E-state index is 0.0710. The highest BCUT2D eigenvalue weighted by molar-refractivity contribution is 5.78. The van der Waals surface area contributed by atoms with E-state index in [1.165, 1.54) is 0 Å². The number of unbranched alkanes of at least 4 members (excludes halogenated alkanes) is 1. The summed E-state index contributed by atoms with van der Waals surface area (Å²) in [7, 11) is 0. The molecule has 0 bridgehead atoms. The molecular formula is C10H20N2O2. The van der Waals surface area contributed by atoms with Gasteiger partial charge in [0.15, 0.2) is 0 Å². The molecule has 1 saturated heterocycles. The molecule has 0 aromatic rings. The Hall–Kier alpha value is -0.610. The first-order valence-electron chi connectivity index (χ1n) is 5.40. The smallest absolute Gasteiger partial charge is 0.225 e. The van der Waals surface area contributed by atoms with Crippen LogP contribution in [-0.4, -0.2) is 32.2 Å². The van der Waals surface area contributed by atoms with Crippen LogP contribution >= 0.6 is 0 Å². The van der Waals surface area contributed by atoms with Gasteiger partial charge in [0, 0.05) is 13.2 Å². The van der Waals surface area contributed by atoms with E-state index in [1.807, 2.05) is 0 Å². The number of nitrogens with two attached hydrogens (primary N) is 1. The zero-order valence-electron chi connectivity index (χ0n) is 8.63. The quantitative estimate of drug-likeness (QED) is 0.626. The molecule has 0 saturated carbocycles. The Morgan fingerprint density at radius 1 is 1.50 bits per heavy atom. The summed E-state index contributed by atoms with van der Waals surface area (Å²) in [6.07, 6.45) is 3.90. The molecule has 1 rings (SSSR count). The van der Waals surface area contributed by atoms with Crippen LogP contribution in [0.4, 0.5) is 0 Å². The van der Waals surface area contributed by atoms with Gasteiger partial charge in [-0.3, -0.25) is 4.79 Å². The van der Waals surface area contributed by atoms with Crippen molar-refractivity contribution < 1.29 is 9.53 Å². The fraction of sp³-hybridized carbons (Fsp3) is 0.900. The lowest BCUT2D eigenvalue weighted by Crippen LogP contribution is -2.36. The molecule has 1 unspecified atom stereocenters. The fourth-order valence-corrected chi connectivity index (χ4v) is 1.57. The highest BCUT2D eigenvalue weighted by atomic mass is 16.5. The van der Waals surface area contributed by atoms with Crippen LogP contribution in [0.2, 0.25) is 0 Å². The number of carbonyl (C=O) groups is 1. The molecule has 4 nitrogen and oxygen atoms in total. The molecule has 0 aromatic carbocycles. The van der Waals surface area contributed by atoms with Gasteiger partial charge in [-0.15, -0.1) is 0 Å². The van der Waals surface area contributed by atoms with E-state index in [0.29, 0.717) is 13.2 Å². The molecule has 1 atom stereocenters. The minimum Gasteiger partial charge on any atom is -0.381 e. The van der Waals surface area contributed by atoms with E-state index < -0.39 is 0 Å². The summed E-state index contributed by atoms with van der Waals surface area (Å²) >= 11 is 0. The van der Waals surface area contributed by atoms with Gasteiger partial charge in [-0.2, -0.15) is 0 Å². The van der Waals surface area contributed by atoms with Crippen LogP contribution in [0.25, 0.3) is 0 Å². The van der Waals surface area contributed by atoms with Crippen molar-refractivity contribution in [2.75, 3.05) is 26.3 Å². The molecule has 14 heavy (non-hydrogen) atoms. The maximum absolute atomic E-state index is 11.5. The van der Waals surface area contributed by atoms with E-state index in [0.717, 1.165) is 38.8 Å². The predicted molar refractivity (Wildman–Crippen MR) is 54.8 cm³/mol. The van der Waals surface area contributed by atoms with Gasteiger partial charge >= 0.3 is 0 Å². The van der Waals surface area contributed by atoms with Gasteiger partial charge < -0.3 is 15.8 Å².